The van der Waals surface area contributed by atoms with Crippen LogP contribution in [0.3, 0.4) is 0 Å². The first-order valence-corrected chi connectivity index (χ1v) is 10.6. The van der Waals surface area contributed by atoms with Gasteiger partial charge in [0.25, 0.3) is 0 Å². The number of hydrogen-bond donors (Lipinski definition) is 2. The van der Waals surface area contributed by atoms with E-state index in [4.69, 9.17) is 4.74 Å². The molecule has 1 aliphatic heterocycles. The molecule has 1 aromatic heterocycles. The largest absolute Gasteiger partial charge is 0.462 e. The molecule has 0 bridgehead atoms. The highest BCUT2D eigenvalue weighted by atomic mass is 32.1. The van der Waals surface area contributed by atoms with E-state index in [2.05, 4.69) is 20.5 Å². The summed E-state index contributed by atoms with van der Waals surface area (Å²) in [7, 11) is 2.03. The van der Waals surface area contributed by atoms with E-state index in [0.717, 1.165) is 13.1 Å². The zero-order valence-electron chi connectivity index (χ0n) is 17.0. The summed E-state index contributed by atoms with van der Waals surface area (Å²) < 4.78 is 4.93. The van der Waals surface area contributed by atoms with Gasteiger partial charge in [0.05, 0.1) is 24.3 Å². The van der Waals surface area contributed by atoms with Crippen molar-refractivity contribution in [1.29, 1.82) is 0 Å². The molecule has 0 saturated carbocycles. The van der Waals surface area contributed by atoms with Gasteiger partial charge in [-0.3, -0.25) is 10.1 Å². The minimum atomic E-state index is -0.399. The topological polar surface area (TPSA) is 104 Å². The fourth-order valence-corrected chi connectivity index (χ4v) is 3.60. The van der Waals surface area contributed by atoms with E-state index in [-0.39, 0.29) is 18.4 Å². The zero-order valence-corrected chi connectivity index (χ0v) is 17.8. The van der Waals surface area contributed by atoms with Crippen LogP contribution in [-0.2, 0) is 16.0 Å². The highest BCUT2D eigenvalue weighted by Gasteiger charge is 2.20. The molecule has 9 nitrogen and oxygen atoms in total. The molecule has 1 fully saturated rings. The molecule has 160 valence electrons. The van der Waals surface area contributed by atoms with Crippen molar-refractivity contribution in [2.45, 2.75) is 13.3 Å². The summed E-state index contributed by atoms with van der Waals surface area (Å²) >= 11 is 1.29. The summed E-state index contributed by atoms with van der Waals surface area (Å²) in [5.74, 6) is -0.634. The Morgan fingerprint density at radius 2 is 1.80 bits per heavy atom. The van der Waals surface area contributed by atoms with Crippen molar-refractivity contribution >= 4 is 40.1 Å². The summed E-state index contributed by atoms with van der Waals surface area (Å²) in [5.41, 5.74) is 1.58. The predicted molar refractivity (Wildman–Crippen MR) is 115 cm³/mol. The van der Waals surface area contributed by atoms with Crippen LogP contribution >= 0.6 is 11.3 Å². The number of ether oxygens (including phenoxy) is 1. The first-order valence-electron chi connectivity index (χ1n) is 9.70. The predicted octanol–water partition coefficient (Wildman–Crippen LogP) is 2.28. The van der Waals surface area contributed by atoms with Crippen molar-refractivity contribution in [2.24, 2.45) is 0 Å². The fourth-order valence-electron chi connectivity index (χ4n) is 2.90. The van der Waals surface area contributed by atoms with Gasteiger partial charge in [0.1, 0.15) is 0 Å². The van der Waals surface area contributed by atoms with Crippen LogP contribution in [0.5, 0.6) is 0 Å². The van der Waals surface area contributed by atoms with Gasteiger partial charge < -0.3 is 19.9 Å². The minimum Gasteiger partial charge on any atom is -0.462 e. The monoisotopic (exact) mass is 431 g/mol. The lowest BCUT2D eigenvalue weighted by Crippen LogP contribution is -2.48. The van der Waals surface area contributed by atoms with Gasteiger partial charge >= 0.3 is 12.0 Å². The number of nitrogens with zero attached hydrogens (tertiary/aromatic N) is 3. The third-order valence-corrected chi connectivity index (χ3v) is 5.38. The molecule has 1 aromatic carbocycles. The number of anilines is 2. The SMILES string of the molecule is CCOC(=O)c1ccc(NC(=O)Cc2csc(NC(=O)N3CCN(C)CC3)n2)cc1. The third-order valence-electron chi connectivity index (χ3n) is 4.58. The smallest absolute Gasteiger partial charge is 0.338 e. The Balaban J connectivity index is 1.48. The zero-order chi connectivity index (χ0) is 21.5. The van der Waals surface area contributed by atoms with E-state index in [1.54, 1.807) is 41.5 Å². The van der Waals surface area contributed by atoms with Crippen molar-refractivity contribution in [3.63, 3.8) is 0 Å². The van der Waals surface area contributed by atoms with Gasteiger partial charge in [0, 0.05) is 37.2 Å². The molecule has 2 aromatic rings. The molecule has 10 heteroatoms. The van der Waals surface area contributed by atoms with Gasteiger partial charge in [0.15, 0.2) is 5.13 Å². The Morgan fingerprint density at radius 3 is 2.47 bits per heavy atom. The van der Waals surface area contributed by atoms with Gasteiger partial charge in [0.2, 0.25) is 5.91 Å². The molecular weight excluding hydrogens is 406 g/mol. The summed E-state index contributed by atoms with van der Waals surface area (Å²) in [5, 5.41) is 7.79. The van der Waals surface area contributed by atoms with Crippen LogP contribution in [0.25, 0.3) is 0 Å². The summed E-state index contributed by atoms with van der Waals surface area (Å²) in [6.45, 7) is 5.10. The molecule has 1 aliphatic rings. The van der Waals surface area contributed by atoms with Gasteiger partial charge in [-0.2, -0.15) is 0 Å². The number of urea groups is 1. The molecule has 0 atom stereocenters. The van der Waals surface area contributed by atoms with Crippen LogP contribution in [0, 0.1) is 0 Å². The maximum Gasteiger partial charge on any atom is 0.338 e. The molecule has 3 rings (SSSR count). The second kappa shape index (κ2) is 10.2. The summed E-state index contributed by atoms with van der Waals surface area (Å²) in [6.07, 6.45) is 0.0838. The quantitative estimate of drug-likeness (QED) is 0.680. The fraction of sp³-hybridized carbons (Fsp3) is 0.400. The first kappa shape index (κ1) is 21.7. The van der Waals surface area contributed by atoms with Crippen molar-refractivity contribution < 1.29 is 19.1 Å². The Kier molecular flexibility index (Phi) is 7.36. The van der Waals surface area contributed by atoms with E-state index in [1.807, 2.05) is 7.05 Å². The maximum atomic E-state index is 12.3. The number of aromatic nitrogens is 1. The normalized spacial score (nSPS) is 14.3. The molecule has 2 N–H and O–H groups in total. The van der Waals surface area contributed by atoms with E-state index in [0.29, 0.717) is 41.8 Å². The molecule has 0 unspecified atom stereocenters. The second-order valence-corrected chi connectivity index (χ2v) is 7.75. The van der Waals surface area contributed by atoms with E-state index < -0.39 is 5.97 Å². The van der Waals surface area contributed by atoms with Gasteiger partial charge in [-0.25, -0.2) is 14.6 Å². The third kappa shape index (κ3) is 6.01. The minimum absolute atomic E-state index is 0.0838. The average molecular weight is 432 g/mol. The number of thiazole rings is 1. The van der Waals surface area contributed by atoms with Crippen molar-refractivity contribution in [2.75, 3.05) is 50.5 Å². The van der Waals surface area contributed by atoms with Crippen LogP contribution in [0.15, 0.2) is 29.6 Å². The van der Waals surface area contributed by atoms with Crippen LogP contribution in [0.2, 0.25) is 0 Å². The van der Waals surface area contributed by atoms with E-state index >= 15 is 0 Å². The number of carbonyl (C=O) groups excluding carboxylic acids is 3. The molecule has 0 radical (unpaired) electrons. The van der Waals surface area contributed by atoms with Crippen LogP contribution in [0.1, 0.15) is 23.0 Å². The molecular formula is C20H25N5O4S. The van der Waals surface area contributed by atoms with Crippen molar-refractivity contribution in [3.05, 3.63) is 40.9 Å². The lowest BCUT2D eigenvalue weighted by Gasteiger charge is -2.32. The molecule has 2 heterocycles. The lowest BCUT2D eigenvalue weighted by atomic mass is 10.2. The van der Waals surface area contributed by atoms with Gasteiger partial charge in [-0.1, -0.05) is 0 Å². The molecule has 30 heavy (non-hydrogen) atoms. The maximum absolute atomic E-state index is 12.3. The number of benzene rings is 1. The number of likely N-dealkylation sites (N-methyl/N-ethyl adjacent to an activating group) is 1. The van der Waals surface area contributed by atoms with Gasteiger partial charge in [-0.15, -0.1) is 11.3 Å². The van der Waals surface area contributed by atoms with E-state index in [9.17, 15) is 14.4 Å². The molecule has 0 spiro atoms. The van der Waals surface area contributed by atoms with Gasteiger partial charge in [-0.05, 0) is 38.2 Å². The Morgan fingerprint density at radius 1 is 1.10 bits per heavy atom. The number of hydrogen-bond acceptors (Lipinski definition) is 7. The highest BCUT2D eigenvalue weighted by molar-refractivity contribution is 7.13. The van der Waals surface area contributed by atoms with Crippen molar-refractivity contribution in [3.8, 4) is 0 Å². The average Bonchev–Trinajstić information content (AvgIpc) is 3.15. The van der Waals surface area contributed by atoms with E-state index in [1.165, 1.54) is 11.3 Å². The van der Waals surface area contributed by atoms with Crippen LogP contribution in [-0.4, -0.2) is 72.5 Å². The molecule has 1 saturated heterocycles. The lowest BCUT2D eigenvalue weighted by molar-refractivity contribution is -0.115. The Hall–Kier alpha value is -2.98. The van der Waals surface area contributed by atoms with Crippen LogP contribution < -0.4 is 10.6 Å². The second-order valence-electron chi connectivity index (χ2n) is 6.89. The molecule has 0 aliphatic carbocycles. The number of nitrogens with one attached hydrogen (secondary N) is 2. The Bertz CT molecular complexity index is 891. The summed E-state index contributed by atoms with van der Waals surface area (Å²) in [4.78, 5) is 44.5. The molecule has 3 amide bonds. The summed E-state index contributed by atoms with van der Waals surface area (Å²) in [6, 6.07) is 6.32. The number of amides is 3. The number of carbonyl (C=O) groups is 3. The Labute approximate surface area is 179 Å². The van der Waals surface area contributed by atoms with Crippen LogP contribution in [0.4, 0.5) is 15.6 Å². The number of esters is 1. The standard InChI is InChI=1S/C20H25N5O4S/c1-3-29-18(27)14-4-6-15(7-5-14)21-17(26)12-16-13-30-19(22-16)23-20(28)25-10-8-24(2)9-11-25/h4-7,13H,3,8-12H2,1-2H3,(H,21,26)(H,22,23,28). The number of piperazine rings is 1. The number of rotatable bonds is 6. The highest BCUT2D eigenvalue weighted by Crippen LogP contribution is 2.18. The van der Waals surface area contributed by atoms with Crippen molar-refractivity contribution in [1.82, 2.24) is 14.8 Å². The first-order chi connectivity index (χ1) is 14.4.